The van der Waals surface area contributed by atoms with Gasteiger partial charge in [-0.05, 0) is 18.6 Å². The van der Waals surface area contributed by atoms with Gasteiger partial charge >= 0.3 is 6.36 Å². The average Bonchev–Trinajstić information content (AvgIpc) is 2.73. The van der Waals surface area contributed by atoms with Gasteiger partial charge in [0.1, 0.15) is 5.75 Å². The zero-order valence-electron chi connectivity index (χ0n) is 11.2. The molecular formula is C12H15F3N2O3S. The van der Waals surface area contributed by atoms with Gasteiger partial charge in [-0.1, -0.05) is 6.07 Å². The van der Waals surface area contributed by atoms with Gasteiger partial charge in [0.2, 0.25) is 10.0 Å². The molecule has 0 unspecified atom stereocenters. The standard InChI is InChI=1S/C12H15F3N2O3S/c1-21(18,19)16-9-5-6-17(8-9)10-3-2-4-11(7-10)20-12(13,14)15/h2-4,7,9,16H,5-6,8H2,1H3/t9-/m0/s1. The van der Waals surface area contributed by atoms with Crippen LogP contribution in [-0.4, -0.2) is 40.2 Å². The van der Waals surface area contributed by atoms with Crippen molar-refractivity contribution in [1.29, 1.82) is 0 Å². The second kappa shape index (κ2) is 5.72. The molecule has 1 aliphatic rings. The molecule has 1 atom stereocenters. The van der Waals surface area contributed by atoms with E-state index < -0.39 is 16.4 Å². The number of hydrogen-bond donors (Lipinski definition) is 1. The molecule has 0 aliphatic carbocycles. The molecule has 21 heavy (non-hydrogen) atoms. The van der Waals surface area contributed by atoms with Crippen LogP contribution in [0, 0.1) is 0 Å². The van der Waals surface area contributed by atoms with Crippen LogP contribution in [0.3, 0.4) is 0 Å². The third-order valence-corrected chi connectivity index (χ3v) is 3.75. The fraction of sp³-hybridized carbons (Fsp3) is 0.500. The fourth-order valence-corrected chi connectivity index (χ4v) is 3.07. The Hall–Kier alpha value is -1.48. The molecule has 0 spiro atoms. The summed E-state index contributed by atoms with van der Waals surface area (Å²) in [5, 5.41) is 0. The van der Waals surface area contributed by atoms with Gasteiger partial charge in [-0.25, -0.2) is 13.1 Å². The molecule has 9 heteroatoms. The van der Waals surface area contributed by atoms with Gasteiger partial charge < -0.3 is 9.64 Å². The summed E-state index contributed by atoms with van der Waals surface area (Å²) in [4.78, 5) is 1.81. The summed E-state index contributed by atoms with van der Waals surface area (Å²) in [5.74, 6) is -0.292. The van der Waals surface area contributed by atoms with Gasteiger partial charge in [-0.3, -0.25) is 0 Å². The molecule has 0 aromatic heterocycles. The van der Waals surface area contributed by atoms with E-state index in [2.05, 4.69) is 9.46 Å². The Balaban J connectivity index is 2.05. The van der Waals surface area contributed by atoms with Crippen molar-refractivity contribution < 1.29 is 26.3 Å². The van der Waals surface area contributed by atoms with Crippen LogP contribution in [0.15, 0.2) is 24.3 Å². The van der Waals surface area contributed by atoms with Crippen molar-refractivity contribution in [1.82, 2.24) is 4.72 Å². The van der Waals surface area contributed by atoms with Gasteiger partial charge in [0, 0.05) is 30.9 Å². The zero-order chi connectivity index (χ0) is 15.7. The maximum absolute atomic E-state index is 12.2. The minimum absolute atomic E-state index is 0.243. The van der Waals surface area contributed by atoms with Crippen LogP contribution < -0.4 is 14.4 Å². The van der Waals surface area contributed by atoms with E-state index in [9.17, 15) is 21.6 Å². The lowest BCUT2D eigenvalue weighted by Crippen LogP contribution is -2.36. The number of nitrogens with zero attached hydrogens (tertiary/aromatic N) is 1. The van der Waals surface area contributed by atoms with Crippen molar-refractivity contribution in [3.05, 3.63) is 24.3 Å². The monoisotopic (exact) mass is 324 g/mol. The summed E-state index contributed by atoms with van der Waals surface area (Å²) in [7, 11) is -3.30. The maximum atomic E-state index is 12.2. The molecule has 1 aromatic carbocycles. The lowest BCUT2D eigenvalue weighted by Gasteiger charge is -2.20. The molecule has 118 valence electrons. The Labute approximate surface area is 120 Å². The van der Waals surface area contributed by atoms with Crippen molar-refractivity contribution in [2.24, 2.45) is 0 Å². The number of sulfonamides is 1. The van der Waals surface area contributed by atoms with Gasteiger partial charge in [-0.15, -0.1) is 13.2 Å². The third kappa shape index (κ3) is 5.09. The normalized spacial score (nSPS) is 19.8. The molecule has 1 fully saturated rings. The topological polar surface area (TPSA) is 58.6 Å². The van der Waals surface area contributed by atoms with Crippen molar-refractivity contribution in [2.75, 3.05) is 24.2 Å². The first kappa shape index (κ1) is 15.9. The van der Waals surface area contributed by atoms with Crippen LogP contribution in [0.4, 0.5) is 18.9 Å². The summed E-state index contributed by atoms with van der Waals surface area (Å²) >= 11 is 0. The van der Waals surface area contributed by atoms with E-state index in [0.717, 1.165) is 6.26 Å². The molecule has 0 amide bonds. The van der Waals surface area contributed by atoms with Crippen molar-refractivity contribution in [2.45, 2.75) is 18.8 Å². The molecule has 1 saturated heterocycles. The van der Waals surface area contributed by atoms with Crippen LogP contribution in [0.2, 0.25) is 0 Å². The zero-order valence-corrected chi connectivity index (χ0v) is 12.0. The van der Waals surface area contributed by atoms with E-state index in [0.29, 0.717) is 25.2 Å². The van der Waals surface area contributed by atoms with Crippen LogP contribution in [0.25, 0.3) is 0 Å². The minimum Gasteiger partial charge on any atom is -0.406 e. The highest BCUT2D eigenvalue weighted by Crippen LogP contribution is 2.28. The van der Waals surface area contributed by atoms with Crippen LogP contribution in [-0.2, 0) is 10.0 Å². The highest BCUT2D eigenvalue weighted by Gasteiger charge is 2.31. The van der Waals surface area contributed by atoms with Gasteiger partial charge in [0.15, 0.2) is 0 Å². The van der Waals surface area contributed by atoms with Gasteiger partial charge in [-0.2, -0.15) is 0 Å². The van der Waals surface area contributed by atoms with Crippen molar-refractivity contribution >= 4 is 15.7 Å². The predicted octanol–water partition coefficient (Wildman–Crippen LogP) is 1.71. The molecule has 2 rings (SSSR count). The number of hydrogen-bond acceptors (Lipinski definition) is 4. The van der Waals surface area contributed by atoms with Gasteiger partial charge in [0.25, 0.3) is 0 Å². The molecule has 5 nitrogen and oxygen atoms in total. The van der Waals surface area contributed by atoms with E-state index in [1.54, 1.807) is 6.07 Å². The average molecular weight is 324 g/mol. The highest BCUT2D eigenvalue weighted by atomic mass is 32.2. The summed E-state index contributed by atoms with van der Waals surface area (Å²) in [6.07, 6.45) is -3.06. The molecule has 1 aliphatic heterocycles. The number of anilines is 1. The molecule has 1 aromatic rings. The highest BCUT2D eigenvalue weighted by molar-refractivity contribution is 7.88. The van der Waals surface area contributed by atoms with Crippen LogP contribution in [0.1, 0.15) is 6.42 Å². The Morgan fingerprint density at radius 2 is 2.10 bits per heavy atom. The van der Waals surface area contributed by atoms with E-state index in [4.69, 9.17) is 0 Å². The Morgan fingerprint density at radius 3 is 2.71 bits per heavy atom. The summed E-state index contributed by atoms with van der Waals surface area (Å²) in [6.45, 7) is 0.963. The summed E-state index contributed by atoms with van der Waals surface area (Å²) in [6, 6.07) is 5.39. The predicted molar refractivity (Wildman–Crippen MR) is 71.7 cm³/mol. The number of alkyl halides is 3. The molecule has 1 heterocycles. The van der Waals surface area contributed by atoms with E-state index >= 15 is 0 Å². The SMILES string of the molecule is CS(=O)(=O)N[C@H]1CCN(c2cccc(OC(F)(F)F)c2)C1. The Morgan fingerprint density at radius 1 is 1.38 bits per heavy atom. The molecule has 1 N–H and O–H groups in total. The second-order valence-corrected chi connectivity index (χ2v) is 6.65. The first-order valence-electron chi connectivity index (χ1n) is 6.20. The largest absolute Gasteiger partial charge is 0.573 e. The number of benzene rings is 1. The Kier molecular flexibility index (Phi) is 4.33. The number of rotatable bonds is 4. The minimum atomic E-state index is -4.73. The Bertz CT molecular complexity index is 604. The summed E-state index contributed by atoms with van der Waals surface area (Å²) < 4.78 is 65.3. The number of ether oxygens (including phenoxy) is 1. The smallest absolute Gasteiger partial charge is 0.406 e. The molecule has 0 bridgehead atoms. The lowest BCUT2D eigenvalue weighted by molar-refractivity contribution is -0.274. The first-order valence-corrected chi connectivity index (χ1v) is 8.09. The third-order valence-electron chi connectivity index (χ3n) is 2.99. The molecular weight excluding hydrogens is 309 g/mol. The van der Waals surface area contributed by atoms with E-state index in [1.165, 1.54) is 18.2 Å². The second-order valence-electron chi connectivity index (χ2n) is 4.87. The van der Waals surface area contributed by atoms with Crippen molar-refractivity contribution in [3.63, 3.8) is 0 Å². The fourth-order valence-electron chi connectivity index (χ4n) is 2.27. The van der Waals surface area contributed by atoms with Crippen LogP contribution in [0.5, 0.6) is 5.75 Å². The summed E-state index contributed by atoms with van der Waals surface area (Å²) in [5.41, 5.74) is 0.564. The molecule has 0 saturated carbocycles. The number of halogens is 3. The quantitative estimate of drug-likeness (QED) is 0.916. The van der Waals surface area contributed by atoms with E-state index in [-0.39, 0.29) is 11.8 Å². The molecule has 0 radical (unpaired) electrons. The van der Waals surface area contributed by atoms with Crippen LogP contribution >= 0.6 is 0 Å². The first-order chi connectivity index (χ1) is 9.62. The maximum Gasteiger partial charge on any atom is 0.573 e. The lowest BCUT2D eigenvalue weighted by atomic mass is 10.3. The van der Waals surface area contributed by atoms with Gasteiger partial charge in [0.05, 0.1) is 6.26 Å². The number of nitrogens with one attached hydrogen (secondary N) is 1. The van der Waals surface area contributed by atoms with Crippen molar-refractivity contribution in [3.8, 4) is 5.75 Å². The van der Waals surface area contributed by atoms with E-state index in [1.807, 2.05) is 4.90 Å².